The first-order valence-electron chi connectivity index (χ1n) is 6.89. The van der Waals surface area contributed by atoms with Gasteiger partial charge in [-0.25, -0.2) is 0 Å². The van der Waals surface area contributed by atoms with E-state index in [1.165, 1.54) is 7.11 Å². The topological polar surface area (TPSA) is 79.8 Å². The van der Waals surface area contributed by atoms with Crippen LogP contribution in [0.5, 0.6) is 11.5 Å². The lowest BCUT2D eigenvalue weighted by atomic mass is 10.2. The Morgan fingerprint density at radius 2 is 1.95 bits per heavy atom. The number of nitrogens with one attached hydrogen (secondary N) is 2. The van der Waals surface area contributed by atoms with Crippen LogP contribution < -0.4 is 20.1 Å². The van der Waals surface area contributed by atoms with E-state index in [2.05, 4.69) is 10.6 Å². The van der Waals surface area contributed by atoms with E-state index < -0.39 is 0 Å². The summed E-state index contributed by atoms with van der Waals surface area (Å²) in [5.41, 5.74) is 0.603. The van der Waals surface area contributed by atoms with E-state index in [0.29, 0.717) is 23.6 Å². The monoisotopic (exact) mass is 296 g/mol. The molecule has 1 unspecified atom stereocenters. The van der Waals surface area contributed by atoms with Crippen LogP contribution in [0.15, 0.2) is 18.2 Å². The average molecular weight is 296 g/mol. The van der Waals surface area contributed by atoms with Crippen molar-refractivity contribution in [2.45, 2.75) is 32.4 Å². The van der Waals surface area contributed by atoms with Crippen LogP contribution in [-0.4, -0.2) is 43.9 Å². The molecule has 21 heavy (non-hydrogen) atoms. The molecule has 0 radical (unpaired) electrons. The third-order valence-corrected chi connectivity index (χ3v) is 3.02. The number of anilines is 1. The molecule has 0 fully saturated rings. The second kappa shape index (κ2) is 8.49. The minimum absolute atomic E-state index is 0.0311. The molecule has 6 nitrogen and oxygen atoms in total. The molecule has 118 valence electrons. The van der Waals surface area contributed by atoms with Gasteiger partial charge in [0.15, 0.2) is 0 Å². The van der Waals surface area contributed by atoms with Crippen molar-refractivity contribution in [1.29, 1.82) is 0 Å². The Kier molecular flexibility index (Phi) is 6.98. The molecule has 0 saturated heterocycles. The highest BCUT2D eigenvalue weighted by molar-refractivity contribution is 5.92. The van der Waals surface area contributed by atoms with Crippen molar-refractivity contribution in [3.8, 4) is 11.5 Å². The summed E-state index contributed by atoms with van der Waals surface area (Å²) in [6, 6.07) is 5.14. The minimum Gasteiger partial charge on any atom is -0.497 e. The van der Waals surface area contributed by atoms with Crippen molar-refractivity contribution in [2.24, 2.45) is 0 Å². The smallest absolute Gasteiger partial charge is 0.226 e. The first-order chi connectivity index (χ1) is 9.99. The molecule has 1 aromatic rings. The van der Waals surface area contributed by atoms with Gasteiger partial charge in [-0.05, 0) is 26.0 Å². The summed E-state index contributed by atoms with van der Waals surface area (Å²) in [7, 11) is 3.11. The van der Waals surface area contributed by atoms with E-state index in [1.54, 1.807) is 25.3 Å². The molecular weight excluding hydrogens is 272 g/mol. The number of carbonyl (C=O) groups excluding carboxylic acids is 1. The van der Waals surface area contributed by atoms with Gasteiger partial charge in [0.05, 0.1) is 26.5 Å². The molecule has 1 amide bonds. The molecule has 3 N–H and O–H groups in total. The Labute approximate surface area is 125 Å². The Balaban J connectivity index is 2.62. The molecule has 6 heteroatoms. The van der Waals surface area contributed by atoms with Crippen molar-refractivity contribution in [3.63, 3.8) is 0 Å². The summed E-state index contributed by atoms with van der Waals surface area (Å²) < 4.78 is 10.3. The second-order valence-electron chi connectivity index (χ2n) is 4.97. The van der Waals surface area contributed by atoms with E-state index >= 15 is 0 Å². The van der Waals surface area contributed by atoms with Gasteiger partial charge in [-0.1, -0.05) is 0 Å². The maximum atomic E-state index is 12.0. The highest BCUT2D eigenvalue weighted by atomic mass is 16.5. The SMILES string of the molecule is COc1ccc(NC(=O)CC(C)N[C@H](C)CO)c(OC)c1. The van der Waals surface area contributed by atoms with E-state index in [-0.39, 0.29) is 24.6 Å². The maximum absolute atomic E-state index is 12.0. The Hall–Kier alpha value is -1.79. The van der Waals surface area contributed by atoms with Crippen LogP contribution in [-0.2, 0) is 4.79 Å². The predicted molar refractivity (Wildman–Crippen MR) is 81.9 cm³/mol. The van der Waals surface area contributed by atoms with Crippen LogP contribution in [0.2, 0.25) is 0 Å². The maximum Gasteiger partial charge on any atom is 0.226 e. The zero-order valence-corrected chi connectivity index (χ0v) is 13.0. The molecule has 0 spiro atoms. The Morgan fingerprint density at radius 3 is 2.52 bits per heavy atom. The molecule has 2 atom stereocenters. The van der Waals surface area contributed by atoms with Crippen LogP contribution in [0.4, 0.5) is 5.69 Å². The van der Waals surface area contributed by atoms with Gasteiger partial charge in [0.2, 0.25) is 5.91 Å². The normalized spacial score (nSPS) is 13.4. The van der Waals surface area contributed by atoms with E-state index in [4.69, 9.17) is 14.6 Å². The number of carbonyl (C=O) groups is 1. The second-order valence-corrected chi connectivity index (χ2v) is 4.97. The highest BCUT2D eigenvalue weighted by Gasteiger charge is 2.13. The van der Waals surface area contributed by atoms with Crippen molar-refractivity contribution < 1.29 is 19.4 Å². The van der Waals surface area contributed by atoms with E-state index in [1.807, 2.05) is 13.8 Å². The summed E-state index contributed by atoms with van der Waals surface area (Å²) >= 11 is 0. The van der Waals surface area contributed by atoms with Gasteiger partial charge in [-0.3, -0.25) is 4.79 Å². The summed E-state index contributed by atoms with van der Waals surface area (Å²) in [6.45, 7) is 3.80. The number of aliphatic hydroxyl groups excluding tert-OH is 1. The minimum atomic E-state index is -0.122. The molecular formula is C15H24N2O4. The van der Waals surface area contributed by atoms with Crippen molar-refractivity contribution >= 4 is 11.6 Å². The van der Waals surface area contributed by atoms with Gasteiger partial charge in [-0.2, -0.15) is 0 Å². The van der Waals surface area contributed by atoms with Crippen LogP contribution >= 0.6 is 0 Å². The van der Waals surface area contributed by atoms with Gasteiger partial charge in [0.25, 0.3) is 0 Å². The van der Waals surface area contributed by atoms with Crippen molar-refractivity contribution in [2.75, 3.05) is 26.1 Å². The predicted octanol–water partition coefficient (Wildman–Crippen LogP) is 1.39. The van der Waals surface area contributed by atoms with Crippen LogP contribution in [0, 0.1) is 0 Å². The molecule has 0 aliphatic rings. The molecule has 0 aromatic heterocycles. The highest BCUT2D eigenvalue weighted by Crippen LogP contribution is 2.29. The zero-order valence-electron chi connectivity index (χ0n) is 13.0. The molecule has 1 aromatic carbocycles. The first kappa shape index (κ1) is 17.3. The Bertz CT molecular complexity index is 465. The standard InChI is InChI=1S/C15H24N2O4/c1-10(16-11(2)9-18)7-15(19)17-13-6-5-12(20-3)8-14(13)21-4/h5-6,8,10-11,16,18H,7,9H2,1-4H3,(H,17,19)/t10?,11-/m1/s1. The molecule has 0 aliphatic carbocycles. The van der Waals surface area contributed by atoms with E-state index in [0.717, 1.165) is 0 Å². The lowest BCUT2D eigenvalue weighted by molar-refractivity contribution is -0.116. The molecule has 0 aliphatic heterocycles. The number of hydrogen-bond acceptors (Lipinski definition) is 5. The number of amides is 1. The van der Waals surface area contributed by atoms with Crippen LogP contribution in [0.3, 0.4) is 0 Å². The number of hydrogen-bond donors (Lipinski definition) is 3. The van der Waals surface area contributed by atoms with Crippen molar-refractivity contribution in [3.05, 3.63) is 18.2 Å². The fraction of sp³-hybridized carbons (Fsp3) is 0.533. The third-order valence-electron chi connectivity index (χ3n) is 3.02. The quantitative estimate of drug-likeness (QED) is 0.675. The van der Waals surface area contributed by atoms with Crippen LogP contribution in [0.1, 0.15) is 20.3 Å². The lowest BCUT2D eigenvalue weighted by Gasteiger charge is -2.18. The molecule has 0 heterocycles. The largest absolute Gasteiger partial charge is 0.497 e. The summed E-state index contributed by atoms with van der Waals surface area (Å²) in [5, 5.41) is 14.9. The van der Waals surface area contributed by atoms with Gasteiger partial charge < -0.3 is 25.2 Å². The van der Waals surface area contributed by atoms with Crippen LogP contribution in [0.25, 0.3) is 0 Å². The first-order valence-corrected chi connectivity index (χ1v) is 6.89. The number of rotatable bonds is 8. The van der Waals surface area contributed by atoms with Gasteiger partial charge in [0.1, 0.15) is 11.5 Å². The van der Waals surface area contributed by atoms with Gasteiger partial charge in [-0.15, -0.1) is 0 Å². The molecule has 0 bridgehead atoms. The van der Waals surface area contributed by atoms with E-state index in [9.17, 15) is 4.79 Å². The molecule has 0 saturated carbocycles. The van der Waals surface area contributed by atoms with Gasteiger partial charge >= 0.3 is 0 Å². The average Bonchev–Trinajstić information content (AvgIpc) is 2.47. The number of aliphatic hydroxyl groups is 1. The fourth-order valence-corrected chi connectivity index (χ4v) is 1.98. The number of benzene rings is 1. The lowest BCUT2D eigenvalue weighted by Crippen LogP contribution is -2.38. The fourth-order valence-electron chi connectivity index (χ4n) is 1.98. The van der Waals surface area contributed by atoms with Gasteiger partial charge in [0, 0.05) is 24.6 Å². The molecule has 1 rings (SSSR count). The summed E-state index contributed by atoms with van der Waals surface area (Å²) in [6.07, 6.45) is 0.305. The third kappa shape index (κ3) is 5.61. The number of methoxy groups -OCH3 is 2. The van der Waals surface area contributed by atoms with Crippen molar-refractivity contribution in [1.82, 2.24) is 5.32 Å². The summed E-state index contributed by atoms with van der Waals surface area (Å²) in [5.74, 6) is 1.09. The number of ether oxygens (including phenoxy) is 2. The Morgan fingerprint density at radius 1 is 1.24 bits per heavy atom. The summed E-state index contributed by atoms with van der Waals surface area (Å²) in [4.78, 5) is 12.0. The zero-order chi connectivity index (χ0) is 15.8.